The van der Waals surface area contributed by atoms with Crippen molar-refractivity contribution in [2.75, 3.05) is 0 Å². The van der Waals surface area contributed by atoms with Crippen LogP contribution < -0.4 is 0 Å². The molecule has 0 saturated carbocycles. The third kappa shape index (κ3) is 1.90. The first-order valence-corrected chi connectivity index (χ1v) is 9.74. The Morgan fingerprint density at radius 2 is 1.43 bits per heavy atom. The van der Waals surface area contributed by atoms with E-state index in [4.69, 9.17) is 0 Å². The third-order valence-electron chi connectivity index (χ3n) is 6.30. The van der Waals surface area contributed by atoms with Crippen LogP contribution in [-0.4, -0.2) is 9.55 Å². The van der Waals surface area contributed by atoms with Crippen molar-refractivity contribution in [3.63, 3.8) is 0 Å². The van der Waals surface area contributed by atoms with E-state index >= 15 is 0 Å². The Morgan fingerprint density at radius 1 is 0.679 bits per heavy atom. The summed E-state index contributed by atoms with van der Waals surface area (Å²) in [5.74, 6) is 0. The number of nitrogens with zero attached hydrogens (tertiary/aromatic N) is 2. The number of hydrogen-bond acceptors (Lipinski definition) is 1. The van der Waals surface area contributed by atoms with E-state index < -0.39 is 0 Å². The Labute approximate surface area is 164 Å². The molecule has 2 nitrogen and oxygen atoms in total. The molecule has 0 fully saturated rings. The fourth-order valence-electron chi connectivity index (χ4n) is 4.93. The Kier molecular flexibility index (Phi) is 2.98. The van der Waals surface area contributed by atoms with Gasteiger partial charge in [0.15, 0.2) is 0 Å². The number of para-hydroxylation sites is 1. The first-order valence-electron chi connectivity index (χ1n) is 9.74. The van der Waals surface area contributed by atoms with Crippen molar-refractivity contribution >= 4 is 21.8 Å². The number of aromatic nitrogens is 2. The topological polar surface area (TPSA) is 17.8 Å². The monoisotopic (exact) mass is 360 g/mol. The van der Waals surface area contributed by atoms with Crippen LogP contribution in [-0.2, 0) is 5.41 Å². The second kappa shape index (κ2) is 5.32. The summed E-state index contributed by atoms with van der Waals surface area (Å²) in [6, 6.07) is 26.5. The van der Waals surface area contributed by atoms with Crippen molar-refractivity contribution in [2.45, 2.75) is 19.3 Å². The van der Waals surface area contributed by atoms with E-state index in [9.17, 15) is 0 Å². The van der Waals surface area contributed by atoms with Crippen LogP contribution in [0.3, 0.4) is 0 Å². The van der Waals surface area contributed by atoms with Crippen molar-refractivity contribution < 1.29 is 0 Å². The zero-order valence-corrected chi connectivity index (χ0v) is 16.0. The largest absolute Gasteiger partial charge is 0.309 e. The highest BCUT2D eigenvalue weighted by molar-refractivity contribution is 6.11. The molecular formula is C26H20N2. The number of rotatable bonds is 1. The quantitative estimate of drug-likeness (QED) is 0.334. The number of fused-ring (bicyclic) bond motifs is 6. The van der Waals surface area contributed by atoms with Crippen molar-refractivity contribution in [1.29, 1.82) is 0 Å². The van der Waals surface area contributed by atoms with E-state index in [2.05, 4.69) is 96.2 Å². The van der Waals surface area contributed by atoms with Gasteiger partial charge in [-0.2, -0.15) is 0 Å². The maximum Gasteiger partial charge on any atom is 0.0544 e. The minimum absolute atomic E-state index is 0.000353. The van der Waals surface area contributed by atoms with Crippen molar-refractivity contribution in [1.82, 2.24) is 9.55 Å². The highest BCUT2D eigenvalue weighted by atomic mass is 15.0. The molecule has 1 aliphatic rings. The van der Waals surface area contributed by atoms with E-state index in [-0.39, 0.29) is 5.41 Å². The van der Waals surface area contributed by atoms with Gasteiger partial charge in [0.2, 0.25) is 0 Å². The predicted octanol–water partition coefficient (Wildman–Crippen LogP) is 6.49. The van der Waals surface area contributed by atoms with Crippen LogP contribution >= 0.6 is 0 Å². The Hall–Kier alpha value is -3.39. The summed E-state index contributed by atoms with van der Waals surface area (Å²) in [6.07, 6.45) is 3.73. The van der Waals surface area contributed by atoms with Gasteiger partial charge in [0.1, 0.15) is 0 Å². The van der Waals surface area contributed by atoms with E-state index in [1.807, 2.05) is 12.4 Å². The highest BCUT2D eigenvalue weighted by Gasteiger charge is 2.36. The second-order valence-corrected chi connectivity index (χ2v) is 8.14. The standard InChI is InChI=1S/C26H20N2/c1-26(2)22-9-5-3-7-18(22)20-15-21-19-8-4-6-10-24(19)28(25(21)16-23(20)26)17-11-13-27-14-12-17/h3-16H,1-2H3. The van der Waals surface area contributed by atoms with Gasteiger partial charge in [-0.3, -0.25) is 4.98 Å². The first-order chi connectivity index (χ1) is 13.7. The predicted molar refractivity (Wildman–Crippen MR) is 116 cm³/mol. The SMILES string of the molecule is CC1(C)c2ccccc2-c2cc3c4ccccc4n(-c4ccncc4)c3cc21. The zero-order valence-electron chi connectivity index (χ0n) is 16.0. The molecule has 6 rings (SSSR count). The molecule has 5 aromatic rings. The summed E-state index contributed by atoms with van der Waals surface area (Å²) in [4.78, 5) is 4.21. The van der Waals surface area contributed by atoms with Crippen LogP contribution in [0.1, 0.15) is 25.0 Å². The molecule has 0 unspecified atom stereocenters. The molecule has 2 heteroatoms. The van der Waals surface area contributed by atoms with E-state index in [0.717, 1.165) is 5.69 Å². The normalized spacial score (nSPS) is 14.4. The fraction of sp³-hybridized carbons (Fsp3) is 0.115. The van der Waals surface area contributed by atoms with Crippen molar-refractivity contribution in [3.8, 4) is 16.8 Å². The summed E-state index contributed by atoms with van der Waals surface area (Å²) in [6.45, 7) is 4.67. The lowest BCUT2D eigenvalue weighted by Crippen LogP contribution is -2.14. The fourth-order valence-corrected chi connectivity index (χ4v) is 4.93. The van der Waals surface area contributed by atoms with E-state index in [1.165, 1.54) is 44.1 Å². The molecule has 0 spiro atoms. The van der Waals surface area contributed by atoms with Gasteiger partial charge in [0.25, 0.3) is 0 Å². The molecule has 134 valence electrons. The zero-order chi connectivity index (χ0) is 18.9. The number of hydrogen-bond donors (Lipinski definition) is 0. The molecule has 1 aliphatic carbocycles. The molecule has 0 atom stereocenters. The molecule has 0 aliphatic heterocycles. The van der Waals surface area contributed by atoms with Gasteiger partial charge in [-0.1, -0.05) is 56.3 Å². The average molecular weight is 360 g/mol. The van der Waals surface area contributed by atoms with Gasteiger partial charge < -0.3 is 4.57 Å². The van der Waals surface area contributed by atoms with Crippen molar-refractivity contribution in [2.24, 2.45) is 0 Å². The Balaban J connectivity index is 1.79. The summed E-state index contributed by atoms with van der Waals surface area (Å²) in [5.41, 5.74) is 9.19. The molecule has 2 aromatic heterocycles. The lowest BCUT2D eigenvalue weighted by molar-refractivity contribution is 0.661. The average Bonchev–Trinajstić information content (AvgIpc) is 3.17. The lowest BCUT2D eigenvalue weighted by atomic mass is 9.82. The van der Waals surface area contributed by atoms with E-state index in [0.29, 0.717) is 0 Å². The molecule has 0 N–H and O–H groups in total. The van der Waals surface area contributed by atoms with Crippen LogP contribution in [0.25, 0.3) is 38.6 Å². The van der Waals surface area contributed by atoms with Gasteiger partial charge in [-0.05, 0) is 52.6 Å². The molecule has 3 aromatic carbocycles. The lowest BCUT2D eigenvalue weighted by Gasteiger charge is -2.21. The molecule has 0 amide bonds. The van der Waals surface area contributed by atoms with Crippen LogP contribution in [0.2, 0.25) is 0 Å². The van der Waals surface area contributed by atoms with Gasteiger partial charge in [0, 0.05) is 34.3 Å². The number of pyridine rings is 1. The summed E-state index contributed by atoms with van der Waals surface area (Å²) in [5, 5.41) is 2.60. The summed E-state index contributed by atoms with van der Waals surface area (Å²) in [7, 11) is 0. The molecule has 0 bridgehead atoms. The van der Waals surface area contributed by atoms with E-state index in [1.54, 1.807) is 0 Å². The van der Waals surface area contributed by atoms with Gasteiger partial charge in [0.05, 0.1) is 11.0 Å². The second-order valence-electron chi connectivity index (χ2n) is 8.14. The van der Waals surface area contributed by atoms with Gasteiger partial charge in [-0.25, -0.2) is 0 Å². The van der Waals surface area contributed by atoms with Gasteiger partial charge in [-0.15, -0.1) is 0 Å². The smallest absolute Gasteiger partial charge is 0.0544 e. The van der Waals surface area contributed by atoms with Crippen LogP contribution in [0.5, 0.6) is 0 Å². The molecular weight excluding hydrogens is 340 g/mol. The van der Waals surface area contributed by atoms with Crippen molar-refractivity contribution in [3.05, 3.63) is 96.3 Å². The maximum absolute atomic E-state index is 4.21. The minimum atomic E-state index is -0.000353. The molecule has 0 radical (unpaired) electrons. The van der Waals surface area contributed by atoms with Crippen LogP contribution in [0.4, 0.5) is 0 Å². The van der Waals surface area contributed by atoms with Crippen LogP contribution in [0, 0.1) is 0 Å². The van der Waals surface area contributed by atoms with Gasteiger partial charge >= 0.3 is 0 Å². The maximum atomic E-state index is 4.21. The third-order valence-corrected chi connectivity index (χ3v) is 6.30. The molecule has 0 saturated heterocycles. The van der Waals surface area contributed by atoms with Crippen LogP contribution in [0.15, 0.2) is 85.2 Å². The minimum Gasteiger partial charge on any atom is -0.309 e. The molecule has 28 heavy (non-hydrogen) atoms. The Morgan fingerprint density at radius 3 is 2.29 bits per heavy atom. The summed E-state index contributed by atoms with van der Waals surface area (Å²) < 4.78 is 2.37. The number of benzene rings is 3. The molecule has 2 heterocycles. The summed E-state index contributed by atoms with van der Waals surface area (Å²) >= 11 is 0. The first kappa shape index (κ1) is 15.6. The Bertz CT molecular complexity index is 1370. The highest BCUT2D eigenvalue weighted by Crippen LogP contribution is 2.50.